The number of carbonyl (C=O) groups excluding carboxylic acids is 1. The zero-order valence-electron chi connectivity index (χ0n) is 8.45. The molecule has 1 aliphatic heterocycles. The number of methoxy groups -OCH3 is 1. The van der Waals surface area contributed by atoms with E-state index in [1.165, 1.54) is 12.7 Å². The van der Waals surface area contributed by atoms with Crippen LogP contribution in [0.1, 0.15) is 19.8 Å². The van der Waals surface area contributed by atoms with Gasteiger partial charge in [0.25, 0.3) is 0 Å². The minimum absolute atomic E-state index is 0.260. The number of esters is 1. The summed E-state index contributed by atoms with van der Waals surface area (Å²) in [5.41, 5.74) is 1.84. The second kappa shape index (κ2) is 3.58. The number of hydrogen-bond acceptors (Lipinski definition) is 3. The first-order valence-electron chi connectivity index (χ1n) is 4.83. The van der Waals surface area contributed by atoms with Gasteiger partial charge in [-0.15, -0.1) is 0 Å². The van der Waals surface area contributed by atoms with Gasteiger partial charge in [0.2, 0.25) is 0 Å². The molecule has 0 aromatic carbocycles. The SMILES string of the molecule is COC(=O)/C(C)=C/C1=CC2OC2CC1. The van der Waals surface area contributed by atoms with Gasteiger partial charge in [-0.05, 0) is 31.4 Å². The van der Waals surface area contributed by atoms with Crippen molar-refractivity contribution >= 4 is 5.97 Å². The van der Waals surface area contributed by atoms with Crippen LogP contribution in [0.2, 0.25) is 0 Å². The standard InChI is InChI=1S/C11H14O3/c1-7(11(12)13-2)5-8-3-4-9-10(6-8)14-9/h5-6,9-10H,3-4H2,1-2H3/b7-5+. The Hall–Kier alpha value is -1.09. The Morgan fingerprint density at radius 2 is 2.50 bits per heavy atom. The lowest BCUT2D eigenvalue weighted by Crippen LogP contribution is -2.04. The highest BCUT2D eigenvalue weighted by molar-refractivity contribution is 5.88. The molecule has 0 radical (unpaired) electrons. The van der Waals surface area contributed by atoms with Gasteiger partial charge in [0, 0.05) is 5.57 Å². The van der Waals surface area contributed by atoms with Crippen molar-refractivity contribution in [2.24, 2.45) is 0 Å². The number of rotatable bonds is 2. The van der Waals surface area contributed by atoms with Crippen LogP contribution in [0.4, 0.5) is 0 Å². The maximum absolute atomic E-state index is 11.1. The molecule has 0 bridgehead atoms. The van der Waals surface area contributed by atoms with Crippen molar-refractivity contribution in [3.8, 4) is 0 Å². The van der Waals surface area contributed by atoms with Crippen LogP contribution in [-0.2, 0) is 14.3 Å². The van der Waals surface area contributed by atoms with Gasteiger partial charge in [0.1, 0.15) is 6.10 Å². The van der Waals surface area contributed by atoms with Crippen molar-refractivity contribution in [2.75, 3.05) is 7.11 Å². The lowest BCUT2D eigenvalue weighted by molar-refractivity contribution is -0.136. The first-order valence-corrected chi connectivity index (χ1v) is 4.83. The molecule has 0 spiro atoms. The van der Waals surface area contributed by atoms with Crippen LogP contribution in [0.3, 0.4) is 0 Å². The summed E-state index contributed by atoms with van der Waals surface area (Å²) in [7, 11) is 1.40. The van der Waals surface area contributed by atoms with E-state index in [-0.39, 0.29) is 5.97 Å². The summed E-state index contributed by atoms with van der Waals surface area (Å²) in [6, 6.07) is 0. The summed E-state index contributed by atoms with van der Waals surface area (Å²) in [6.45, 7) is 1.77. The molecule has 2 unspecified atom stereocenters. The quantitative estimate of drug-likeness (QED) is 0.380. The number of ether oxygens (including phenoxy) is 2. The Balaban J connectivity index is 2.05. The Bertz CT molecular complexity index is 314. The van der Waals surface area contributed by atoms with Crippen molar-refractivity contribution in [2.45, 2.75) is 32.0 Å². The number of carbonyl (C=O) groups is 1. The molecule has 76 valence electrons. The van der Waals surface area contributed by atoms with Crippen LogP contribution in [0.25, 0.3) is 0 Å². The molecule has 3 nitrogen and oxygen atoms in total. The highest BCUT2D eigenvalue weighted by Gasteiger charge is 2.39. The zero-order valence-corrected chi connectivity index (χ0v) is 8.45. The van der Waals surface area contributed by atoms with Crippen LogP contribution < -0.4 is 0 Å². The number of hydrogen-bond donors (Lipinski definition) is 0. The van der Waals surface area contributed by atoms with Crippen molar-refractivity contribution in [3.63, 3.8) is 0 Å². The van der Waals surface area contributed by atoms with Crippen molar-refractivity contribution in [1.82, 2.24) is 0 Å². The second-order valence-corrected chi connectivity index (χ2v) is 3.74. The van der Waals surface area contributed by atoms with Crippen molar-refractivity contribution in [3.05, 3.63) is 23.3 Å². The third-order valence-corrected chi connectivity index (χ3v) is 2.63. The molecule has 1 saturated heterocycles. The maximum atomic E-state index is 11.1. The Labute approximate surface area is 83.4 Å². The van der Waals surface area contributed by atoms with Crippen molar-refractivity contribution < 1.29 is 14.3 Å². The molecule has 0 saturated carbocycles. The van der Waals surface area contributed by atoms with Gasteiger partial charge in [-0.3, -0.25) is 0 Å². The first kappa shape index (κ1) is 9.46. The molecule has 1 aliphatic carbocycles. The molecule has 1 fully saturated rings. The molecule has 2 rings (SSSR count). The highest BCUT2D eigenvalue weighted by atomic mass is 16.6. The summed E-state index contributed by atoms with van der Waals surface area (Å²) >= 11 is 0. The fourth-order valence-electron chi connectivity index (χ4n) is 1.76. The minimum Gasteiger partial charge on any atom is -0.466 e. The summed E-state index contributed by atoms with van der Waals surface area (Å²) in [5.74, 6) is -0.260. The van der Waals surface area contributed by atoms with E-state index >= 15 is 0 Å². The maximum Gasteiger partial charge on any atom is 0.333 e. The molecule has 0 aromatic rings. The number of epoxide rings is 1. The lowest BCUT2D eigenvalue weighted by Gasteiger charge is -2.06. The van der Waals surface area contributed by atoms with Gasteiger partial charge < -0.3 is 9.47 Å². The van der Waals surface area contributed by atoms with E-state index in [9.17, 15) is 4.79 Å². The van der Waals surface area contributed by atoms with Gasteiger partial charge in [-0.25, -0.2) is 4.79 Å². The summed E-state index contributed by atoms with van der Waals surface area (Å²) in [4.78, 5) is 11.1. The van der Waals surface area contributed by atoms with E-state index < -0.39 is 0 Å². The van der Waals surface area contributed by atoms with E-state index in [0.717, 1.165) is 12.8 Å². The average Bonchev–Trinajstić information content (AvgIpc) is 2.94. The first-order chi connectivity index (χ1) is 6.70. The molecule has 1 heterocycles. The topological polar surface area (TPSA) is 38.8 Å². The van der Waals surface area contributed by atoms with Gasteiger partial charge >= 0.3 is 5.97 Å². The molecule has 0 aromatic heterocycles. The summed E-state index contributed by atoms with van der Waals surface area (Å²) in [5, 5.41) is 0. The number of allylic oxidation sites excluding steroid dienone is 2. The summed E-state index contributed by atoms with van der Waals surface area (Å²) < 4.78 is 9.98. The Morgan fingerprint density at radius 1 is 1.71 bits per heavy atom. The molecule has 3 heteroatoms. The number of fused-ring (bicyclic) bond motifs is 1. The smallest absolute Gasteiger partial charge is 0.333 e. The van der Waals surface area contributed by atoms with E-state index in [4.69, 9.17) is 4.74 Å². The van der Waals surface area contributed by atoms with Crippen molar-refractivity contribution in [1.29, 1.82) is 0 Å². The monoisotopic (exact) mass is 194 g/mol. The van der Waals surface area contributed by atoms with Crippen LogP contribution in [0.15, 0.2) is 23.3 Å². The van der Waals surface area contributed by atoms with E-state index in [1.807, 2.05) is 6.08 Å². The summed E-state index contributed by atoms with van der Waals surface area (Å²) in [6.07, 6.45) is 6.81. The van der Waals surface area contributed by atoms with E-state index in [0.29, 0.717) is 17.8 Å². The largest absolute Gasteiger partial charge is 0.466 e. The van der Waals surface area contributed by atoms with Gasteiger partial charge in [-0.2, -0.15) is 0 Å². The average molecular weight is 194 g/mol. The lowest BCUT2D eigenvalue weighted by atomic mass is 9.98. The third kappa shape index (κ3) is 1.87. The molecule has 14 heavy (non-hydrogen) atoms. The van der Waals surface area contributed by atoms with Crippen LogP contribution >= 0.6 is 0 Å². The van der Waals surface area contributed by atoms with Crippen LogP contribution in [0, 0.1) is 0 Å². The fraction of sp³-hybridized carbons (Fsp3) is 0.545. The van der Waals surface area contributed by atoms with E-state index in [2.05, 4.69) is 10.8 Å². The van der Waals surface area contributed by atoms with Crippen LogP contribution in [0.5, 0.6) is 0 Å². The van der Waals surface area contributed by atoms with Crippen LogP contribution in [-0.4, -0.2) is 25.3 Å². The van der Waals surface area contributed by atoms with Gasteiger partial charge in [-0.1, -0.05) is 6.08 Å². The molecule has 2 aliphatic rings. The predicted molar refractivity (Wildman–Crippen MR) is 51.8 cm³/mol. The normalized spacial score (nSPS) is 30.4. The minimum atomic E-state index is -0.260. The third-order valence-electron chi connectivity index (χ3n) is 2.63. The van der Waals surface area contributed by atoms with Gasteiger partial charge in [0.05, 0.1) is 13.2 Å². The zero-order chi connectivity index (χ0) is 10.1. The molecule has 2 atom stereocenters. The predicted octanol–water partition coefficient (Wildman–Crippen LogP) is 1.59. The van der Waals surface area contributed by atoms with E-state index in [1.54, 1.807) is 6.92 Å². The molecule has 0 amide bonds. The molecular weight excluding hydrogens is 180 g/mol. The Morgan fingerprint density at radius 3 is 3.14 bits per heavy atom. The Kier molecular flexibility index (Phi) is 2.42. The highest BCUT2D eigenvalue weighted by Crippen LogP contribution is 2.35. The molecule has 0 N–H and O–H groups in total. The van der Waals surface area contributed by atoms with Gasteiger partial charge in [0.15, 0.2) is 0 Å². The second-order valence-electron chi connectivity index (χ2n) is 3.74. The molecular formula is C11H14O3. The fourth-order valence-corrected chi connectivity index (χ4v) is 1.76.